The van der Waals surface area contributed by atoms with Crippen LogP contribution in [0.25, 0.3) is 0 Å². The van der Waals surface area contributed by atoms with Crippen LogP contribution in [0.4, 0.5) is 0 Å². The van der Waals surface area contributed by atoms with Crippen LogP contribution in [0.3, 0.4) is 0 Å². The highest BCUT2D eigenvalue weighted by atomic mass is 32.2. The summed E-state index contributed by atoms with van der Waals surface area (Å²) in [6.45, 7) is 1.62. The molecule has 2 aromatic rings. The molecule has 5 heteroatoms. The maximum atomic E-state index is 12.9. The third kappa shape index (κ3) is 1.36. The number of hydrogen-bond acceptors (Lipinski definition) is 3. The molecular formula is C13H11O3PS. The van der Waals surface area contributed by atoms with E-state index in [1.54, 1.807) is 43.1 Å². The molecule has 0 N–H and O–H groups in total. The molecule has 0 aliphatic carbocycles. The molecule has 0 amide bonds. The van der Waals surface area contributed by atoms with Gasteiger partial charge in [-0.1, -0.05) is 24.3 Å². The van der Waals surface area contributed by atoms with Crippen LogP contribution in [0, 0.1) is 0 Å². The number of fused-ring (bicyclic) bond motifs is 2. The number of sulfone groups is 1. The van der Waals surface area contributed by atoms with E-state index >= 15 is 0 Å². The number of hydrogen-bond donors (Lipinski definition) is 0. The van der Waals surface area contributed by atoms with E-state index in [0.717, 1.165) is 0 Å². The van der Waals surface area contributed by atoms with E-state index in [1.807, 2.05) is 0 Å². The zero-order valence-corrected chi connectivity index (χ0v) is 11.4. The van der Waals surface area contributed by atoms with Crippen molar-refractivity contribution in [1.82, 2.24) is 0 Å². The summed E-state index contributed by atoms with van der Waals surface area (Å²) < 4.78 is 37.8. The Bertz CT molecular complexity index is 736. The minimum absolute atomic E-state index is 0.175. The second-order valence-electron chi connectivity index (χ2n) is 4.36. The van der Waals surface area contributed by atoms with Gasteiger partial charge in [0, 0.05) is 10.6 Å². The van der Waals surface area contributed by atoms with Crippen molar-refractivity contribution in [2.75, 3.05) is 6.66 Å². The van der Waals surface area contributed by atoms with Crippen LogP contribution in [0.2, 0.25) is 0 Å². The summed E-state index contributed by atoms with van der Waals surface area (Å²) in [4.78, 5) is 0.351. The molecule has 1 aliphatic rings. The van der Waals surface area contributed by atoms with Crippen molar-refractivity contribution in [3.05, 3.63) is 48.5 Å². The van der Waals surface area contributed by atoms with Gasteiger partial charge in [0.15, 0.2) is 0 Å². The second-order valence-corrected chi connectivity index (χ2v) is 9.06. The van der Waals surface area contributed by atoms with Crippen molar-refractivity contribution in [2.45, 2.75) is 9.79 Å². The van der Waals surface area contributed by atoms with Crippen LogP contribution < -0.4 is 10.6 Å². The van der Waals surface area contributed by atoms with Gasteiger partial charge in [-0.2, -0.15) is 0 Å². The Hall–Kier alpha value is -1.38. The fraction of sp³-hybridized carbons (Fsp3) is 0.0769. The first-order valence-corrected chi connectivity index (χ1v) is 9.11. The van der Waals surface area contributed by atoms with Crippen molar-refractivity contribution in [1.29, 1.82) is 0 Å². The van der Waals surface area contributed by atoms with Crippen LogP contribution in [-0.4, -0.2) is 15.1 Å². The molecule has 0 unspecified atom stereocenters. The molecule has 0 saturated heterocycles. The van der Waals surface area contributed by atoms with Crippen molar-refractivity contribution in [3.63, 3.8) is 0 Å². The van der Waals surface area contributed by atoms with Crippen molar-refractivity contribution in [3.8, 4) is 0 Å². The standard InChI is InChI=1S/C13H11O3PS/c1-17(14)10-6-2-4-8-12(10)18(15,16)13-9-5-3-7-11(13)17/h2-9H,1H3. The van der Waals surface area contributed by atoms with E-state index in [4.69, 9.17) is 0 Å². The Labute approximate surface area is 106 Å². The lowest BCUT2D eigenvalue weighted by molar-refractivity contribution is 0.584. The molecule has 0 bridgehead atoms. The zero-order valence-electron chi connectivity index (χ0n) is 9.70. The largest absolute Gasteiger partial charge is 0.314 e. The molecule has 0 spiro atoms. The first-order chi connectivity index (χ1) is 8.45. The fourth-order valence-electron chi connectivity index (χ4n) is 2.32. The maximum Gasteiger partial charge on any atom is 0.208 e. The summed E-state index contributed by atoms with van der Waals surface area (Å²) in [6.07, 6.45) is 0. The van der Waals surface area contributed by atoms with Crippen molar-refractivity contribution < 1.29 is 13.0 Å². The molecule has 3 nitrogen and oxygen atoms in total. The smallest absolute Gasteiger partial charge is 0.208 e. The summed E-state index contributed by atoms with van der Waals surface area (Å²) in [7, 11) is -6.37. The number of benzene rings is 2. The van der Waals surface area contributed by atoms with Gasteiger partial charge in [-0.15, -0.1) is 0 Å². The molecule has 0 atom stereocenters. The Morgan fingerprint density at radius 2 is 1.22 bits per heavy atom. The van der Waals surface area contributed by atoms with Gasteiger partial charge in [-0.25, -0.2) is 8.42 Å². The molecule has 0 fully saturated rings. The quantitative estimate of drug-likeness (QED) is 0.690. The molecule has 1 heterocycles. The van der Waals surface area contributed by atoms with E-state index in [-0.39, 0.29) is 9.79 Å². The fourth-order valence-corrected chi connectivity index (χ4v) is 7.52. The van der Waals surface area contributed by atoms with Gasteiger partial charge in [0.05, 0.1) is 9.79 Å². The summed E-state index contributed by atoms with van der Waals surface area (Å²) in [5.74, 6) is 0. The average molecular weight is 278 g/mol. The van der Waals surface area contributed by atoms with Gasteiger partial charge in [0.2, 0.25) is 9.84 Å². The normalized spacial score (nSPS) is 18.7. The minimum Gasteiger partial charge on any atom is -0.314 e. The Balaban J connectivity index is 2.53. The molecule has 0 saturated carbocycles. The monoisotopic (exact) mass is 278 g/mol. The average Bonchev–Trinajstić information content (AvgIpc) is 2.37. The summed E-state index contributed by atoms with van der Waals surface area (Å²) >= 11 is 0. The molecule has 92 valence electrons. The Kier molecular flexibility index (Phi) is 2.31. The van der Waals surface area contributed by atoms with Gasteiger partial charge < -0.3 is 4.57 Å². The molecule has 18 heavy (non-hydrogen) atoms. The topological polar surface area (TPSA) is 51.2 Å². The zero-order chi connectivity index (χ0) is 13.0. The van der Waals surface area contributed by atoms with Crippen LogP contribution in [0.5, 0.6) is 0 Å². The van der Waals surface area contributed by atoms with Crippen LogP contribution >= 0.6 is 7.14 Å². The summed E-state index contributed by atoms with van der Waals surface area (Å²) in [6, 6.07) is 13.1. The van der Waals surface area contributed by atoms with E-state index < -0.39 is 17.0 Å². The van der Waals surface area contributed by atoms with Gasteiger partial charge in [0.25, 0.3) is 0 Å². The van der Waals surface area contributed by atoms with E-state index in [0.29, 0.717) is 10.6 Å². The van der Waals surface area contributed by atoms with Gasteiger partial charge >= 0.3 is 0 Å². The minimum atomic E-state index is -3.54. The lowest BCUT2D eigenvalue weighted by Gasteiger charge is -2.25. The predicted octanol–water partition coefficient (Wildman–Crippen LogP) is 1.78. The highest BCUT2D eigenvalue weighted by Crippen LogP contribution is 2.47. The molecule has 0 aromatic heterocycles. The van der Waals surface area contributed by atoms with Gasteiger partial charge in [0.1, 0.15) is 7.14 Å². The van der Waals surface area contributed by atoms with Crippen molar-refractivity contribution >= 4 is 27.6 Å². The van der Waals surface area contributed by atoms with Crippen LogP contribution in [-0.2, 0) is 14.4 Å². The van der Waals surface area contributed by atoms with E-state index in [2.05, 4.69) is 0 Å². The SMILES string of the molecule is CP1(=O)c2ccccc2S(=O)(=O)c2ccccc21. The highest BCUT2D eigenvalue weighted by molar-refractivity contribution is 7.95. The summed E-state index contributed by atoms with van der Waals surface area (Å²) in [5, 5.41) is 0.868. The van der Waals surface area contributed by atoms with Crippen molar-refractivity contribution in [2.24, 2.45) is 0 Å². The van der Waals surface area contributed by atoms with E-state index in [1.165, 1.54) is 12.1 Å². The van der Waals surface area contributed by atoms with Gasteiger partial charge in [-0.3, -0.25) is 0 Å². The first kappa shape index (κ1) is 11.7. The summed E-state index contributed by atoms with van der Waals surface area (Å²) in [5.41, 5.74) is 0. The highest BCUT2D eigenvalue weighted by Gasteiger charge is 2.39. The molecule has 3 rings (SSSR count). The number of rotatable bonds is 0. The molecule has 0 radical (unpaired) electrons. The maximum absolute atomic E-state index is 12.9. The van der Waals surface area contributed by atoms with Gasteiger partial charge in [-0.05, 0) is 30.9 Å². The molecule has 2 aromatic carbocycles. The predicted molar refractivity (Wildman–Crippen MR) is 71.1 cm³/mol. The van der Waals surface area contributed by atoms with Crippen LogP contribution in [0.1, 0.15) is 0 Å². The van der Waals surface area contributed by atoms with E-state index in [9.17, 15) is 13.0 Å². The third-order valence-electron chi connectivity index (χ3n) is 3.23. The third-order valence-corrected chi connectivity index (χ3v) is 8.02. The lowest BCUT2D eigenvalue weighted by Crippen LogP contribution is -2.31. The molecule has 1 aliphatic heterocycles. The first-order valence-electron chi connectivity index (χ1n) is 5.47. The molecular weight excluding hydrogens is 267 g/mol. The second kappa shape index (κ2) is 3.56. The van der Waals surface area contributed by atoms with Crippen LogP contribution in [0.15, 0.2) is 58.3 Å². The Morgan fingerprint density at radius 1 is 0.833 bits per heavy atom. The Morgan fingerprint density at radius 3 is 1.67 bits per heavy atom. The lowest BCUT2D eigenvalue weighted by atomic mass is 10.3.